The van der Waals surface area contributed by atoms with Crippen LogP contribution in [0.25, 0.3) is 0 Å². The fourth-order valence-electron chi connectivity index (χ4n) is 1.36. The van der Waals surface area contributed by atoms with Crippen molar-refractivity contribution in [2.75, 3.05) is 11.9 Å². The molecule has 0 spiro atoms. The molecule has 0 aliphatic rings. The third-order valence-corrected chi connectivity index (χ3v) is 2.20. The second-order valence-corrected chi connectivity index (χ2v) is 4.18. The van der Waals surface area contributed by atoms with Crippen molar-refractivity contribution in [2.24, 2.45) is 0 Å². The molecule has 0 atom stereocenters. The van der Waals surface area contributed by atoms with Crippen LogP contribution in [0.5, 0.6) is 5.88 Å². The summed E-state index contributed by atoms with van der Waals surface area (Å²) >= 11 is 0. The molecule has 0 saturated heterocycles. The highest BCUT2D eigenvalue weighted by Gasteiger charge is 2.59. The minimum Gasteiger partial charge on any atom is -0.455 e. The number of nitrogens with one attached hydrogen (secondary N) is 1. The maximum atomic E-state index is 12.4. The van der Waals surface area contributed by atoms with Gasteiger partial charge in [-0.2, -0.15) is 31.3 Å². The van der Waals surface area contributed by atoms with Crippen LogP contribution in [0.15, 0.2) is 6.07 Å². The van der Waals surface area contributed by atoms with Gasteiger partial charge in [0.1, 0.15) is 0 Å². The number of halogens is 6. The summed E-state index contributed by atoms with van der Waals surface area (Å²) in [6, 6.07) is 0.904. The van der Waals surface area contributed by atoms with E-state index in [4.69, 9.17) is 0 Å². The van der Waals surface area contributed by atoms with Crippen LogP contribution in [0.2, 0.25) is 0 Å². The number of hydrogen-bond donors (Lipinski definition) is 1. The molecule has 1 heterocycles. The van der Waals surface area contributed by atoms with Crippen molar-refractivity contribution < 1.29 is 31.1 Å². The number of aryl methyl sites for hydroxylation is 1. The molecule has 0 aromatic carbocycles. The zero-order valence-electron chi connectivity index (χ0n) is 11.1. The number of ether oxygens (including phenoxy) is 1. The van der Waals surface area contributed by atoms with Crippen molar-refractivity contribution in [1.29, 1.82) is 0 Å². The fraction of sp³-hybridized carbons (Fsp3) is 0.636. The fourth-order valence-corrected chi connectivity index (χ4v) is 1.36. The summed E-state index contributed by atoms with van der Waals surface area (Å²) in [7, 11) is 0. The van der Waals surface area contributed by atoms with E-state index in [1.807, 2.05) is 6.92 Å². The number of rotatable bonds is 5. The smallest absolute Gasteiger partial charge is 0.434 e. The molecule has 1 aromatic heterocycles. The van der Waals surface area contributed by atoms with E-state index in [1.165, 1.54) is 6.92 Å². The number of hydrogen-bond acceptors (Lipinski definition) is 4. The Morgan fingerprint density at radius 1 is 1.14 bits per heavy atom. The van der Waals surface area contributed by atoms with Gasteiger partial charge in [0.15, 0.2) is 0 Å². The molecule has 0 unspecified atom stereocenters. The summed E-state index contributed by atoms with van der Waals surface area (Å²) in [6.07, 6.45) is -14.4. The van der Waals surface area contributed by atoms with E-state index in [2.05, 4.69) is 20.0 Å². The van der Waals surface area contributed by atoms with Crippen LogP contribution in [0.4, 0.5) is 32.3 Å². The lowest BCUT2D eigenvalue weighted by atomic mass is 10.3. The van der Waals surface area contributed by atoms with Crippen molar-refractivity contribution in [3.63, 3.8) is 0 Å². The van der Waals surface area contributed by atoms with E-state index in [-0.39, 0.29) is 11.6 Å². The van der Waals surface area contributed by atoms with E-state index >= 15 is 0 Å². The predicted octanol–water partition coefficient (Wildman–Crippen LogP) is 3.48. The molecule has 0 radical (unpaired) electrons. The van der Waals surface area contributed by atoms with Gasteiger partial charge in [-0.25, -0.2) is 4.98 Å². The van der Waals surface area contributed by atoms with E-state index in [0.717, 1.165) is 6.07 Å². The minimum atomic E-state index is -5.59. The first-order chi connectivity index (χ1) is 9.54. The number of aromatic nitrogens is 2. The van der Waals surface area contributed by atoms with Crippen molar-refractivity contribution in [2.45, 2.75) is 38.7 Å². The first-order valence-corrected chi connectivity index (χ1v) is 5.93. The second-order valence-electron chi connectivity index (χ2n) is 4.18. The molecule has 10 heteroatoms. The Balaban J connectivity index is 3.01. The molecule has 0 aliphatic carbocycles. The monoisotopic (exact) mass is 317 g/mol. The van der Waals surface area contributed by atoms with Crippen molar-refractivity contribution in [3.8, 4) is 5.88 Å². The Kier molecular flexibility index (Phi) is 5.24. The third-order valence-electron chi connectivity index (χ3n) is 2.20. The Labute approximate surface area is 116 Å². The molecule has 0 amide bonds. The predicted molar refractivity (Wildman–Crippen MR) is 62.1 cm³/mol. The molecule has 1 rings (SSSR count). The van der Waals surface area contributed by atoms with Crippen molar-refractivity contribution in [1.82, 2.24) is 9.97 Å². The molecule has 0 fully saturated rings. The normalized spacial score (nSPS) is 12.6. The Morgan fingerprint density at radius 2 is 1.71 bits per heavy atom. The van der Waals surface area contributed by atoms with Gasteiger partial charge in [0.05, 0.1) is 0 Å². The lowest BCUT2D eigenvalue weighted by Crippen LogP contribution is -2.46. The van der Waals surface area contributed by atoms with Crippen LogP contribution >= 0.6 is 0 Å². The van der Waals surface area contributed by atoms with E-state index < -0.39 is 24.3 Å². The Morgan fingerprint density at radius 3 is 2.19 bits per heavy atom. The first kappa shape index (κ1) is 17.3. The molecule has 1 aromatic rings. The number of alkyl halides is 6. The average Bonchev–Trinajstić information content (AvgIpc) is 2.30. The zero-order valence-corrected chi connectivity index (χ0v) is 11.1. The van der Waals surface area contributed by atoms with Crippen LogP contribution in [0.1, 0.15) is 19.0 Å². The molecule has 1 N–H and O–H groups in total. The van der Waals surface area contributed by atoms with Gasteiger partial charge in [0.25, 0.3) is 6.10 Å². The third kappa shape index (κ3) is 5.27. The molecule has 4 nitrogen and oxygen atoms in total. The molecular weight excluding hydrogens is 304 g/mol. The van der Waals surface area contributed by atoms with E-state index in [1.54, 1.807) is 0 Å². The highest BCUT2D eigenvalue weighted by atomic mass is 19.4. The van der Waals surface area contributed by atoms with Crippen molar-refractivity contribution >= 4 is 5.95 Å². The average molecular weight is 317 g/mol. The largest absolute Gasteiger partial charge is 0.455 e. The van der Waals surface area contributed by atoms with Gasteiger partial charge in [-0.05, 0) is 13.3 Å². The Bertz CT molecular complexity index is 460. The lowest BCUT2D eigenvalue weighted by Gasteiger charge is -2.23. The van der Waals surface area contributed by atoms with Gasteiger partial charge >= 0.3 is 12.4 Å². The Hall–Kier alpha value is -1.74. The van der Waals surface area contributed by atoms with Gasteiger partial charge in [0, 0.05) is 18.3 Å². The van der Waals surface area contributed by atoms with Gasteiger partial charge in [-0.1, -0.05) is 6.92 Å². The molecule has 0 saturated carbocycles. The van der Waals surface area contributed by atoms with Gasteiger partial charge in [0.2, 0.25) is 11.8 Å². The quantitative estimate of drug-likeness (QED) is 0.845. The van der Waals surface area contributed by atoms with Crippen LogP contribution in [-0.4, -0.2) is 35.0 Å². The van der Waals surface area contributed by atoms with E-state index in [0.29, 0.717) is 13.0 Å². The van der Waals surface area contributed by atoms with Gasteiger partial charge in [-0.15, -0.1) is 0 Å². The van der Waals surface area contributed by atoms with Crippen LogP contribution in [0, 0.1) is 6.92 Å². The zero-order chi connectivity index (χ0) is 16.3. The summed E-state index contributed by atoms with van der Waals surface area (Å²) in [4.78, 5) is 7.33. The summed E-state index contributed by atoms with van der Waals surface area (Å²) in [5.41, 5.74) is 0.182. The maximum Gasteiger partial charge on any atom is 0.434 e. The summed E-state index contributed by atoms with van der Waals surface area (Å²) in [6.45, 7) is 3.65. The van der Waals surface area contributed by atoms with Crippen LogP contribution in [0.3, 0.4) is 0 Å². The van der Waals surface area contributed by atoms with Crippen molar-refractivity contribution in [3.05, 3.63) is 11.8 Å². The standard InChI is InChI=1S/C11H13F6N3O/c1-3-4-18-9-19-6(2)5-7(20-9)21-8(10(12,13)14)11(15,16)17/h5,8H,3-4H2,1-2H3,(H,18,19,20). The highest BCUT2D eigenvalue weighted by molar-refractivity contribution is 5.30. The van der Waals surface area contributed by atoms with Crippen LogP contribution in [-0.2, 0) is 0 Å². The molecule has 0 aliphatic heterocycles. The molecule has 0 bridgehead atoms. The SMILES string of the molecule is CCCNc1nc(C)cc(OC(C(F)(F)F)C(F)(F)F)n1. The summed E-state index contributed by atoms with van der Waals surface area (Å²) in [5, 5.41) is 2.66. The van der Waals surface area contributed by atoms with Gasteiger partial charge < -0.3 is 10.1 Å². The molecular formula is C11H13F6N3O. The summed E-state index contributed by atoms with van der Waals surface area (Å²) < 4.78 is 78.4. The maximum absolute atomic E-state index is 12.4. The highest BCUT2D eigenvalue weighted by Crippen LogP contribution is 2.36. The first-order valence-electron chi connectivity index (χ1n) is 5.93. The number of anilines is 1. The molecule has 120 valence electrons. The molecule has 21 heavy (non-hydrogen) atoms. The topological polar surface area (TPSA) is 47.0 Å². The summed E-state index contributed by atoms with van der Waals surface area (Å²) in [5.74, 6) is -0.879. The second kappa shape index (κ2) is 6.35. The van der Waals surface area contributed by atoms with Crippen LogP contribution < -0.4 is 10.1 Å². The number of nitrogens with zero attached hydrogens (tertiary/aromatic N) is 2. The van der Waals surface area contributed by atoms with Gasteiger partial charge in [-0.3, -0.25) is 0 Å². The van der Waals surface area contributed by atoms with E-state index in [9.17, 15) is 26.3 Å². The minimum absolute atomic E-state index is 0.0880. The lowest BCUT2D eigenvalue weighted by molar-refractivity contribution is -0.300.